The second-order valence-electron chi connectivity index (χ2n) is 8.45. The van der Waals surface area contributed by atoms with E-state index in [9.17, 15) is 10.5 Å². The van der Waals surface area contributed by atoms with Crippen molar-refractivity contribution in [2.75, 3.05) is 17.2 Å². The van der Waals surface area contributed by atoms with Gasteiger partial charge in [0.25, 0.3) is 0 Å². The number of pyridine rings is 1. The summed E-state index contributed by atoms with van der Waals surface area (Å²) in [6, 6.07) is 6.52. The number of nitriles is 3. The first-order valence-electron chi connectivity index (χ1n) is 8.50. The first-order valence-corrected chi connectivity index (χ1v) is 8.50. The molecule has 2 heterocycles. The minimum atomic E-state index is -0.0211. The van der Waals surface area contributed by atoms with Crippen molar-refractivity contribution in [3.05, 3.63) is 16.7 Å². The maximum absolute atomic E-state index is 9.73. The van der Waals surface area contributed by atoms with Crippen molar-refractivity contribution in [2.24, 2.45) is 10.8 Å². The Balaban J connectivity index is 2.15. The number of aromatic nitrogens is 1. The molecule has 1 aliphatic carbocycles. The summed E-state index contributed by atoms with van der Waals surface area (Å²) in [4.78, 5) is 6.61. The lowest BCUT2D eigenvalue weighted by molar-refractivity contribution is 0.136. The average molecular weight is 334 g/mol. The van der Waals surface area contributed by atoms with Crippen molar-refractivity contribution in [3.8, 4) is 18.2 Å². The molecular weight excluding hydrogens is 312 g/mol. The molecule has 0 radical (unpaired) electrons. The fourth-order valence-corrected chi connectivity index (χ4v) is 5.05. The van der Waals surface area contributed by atoms with E-state index in [-0.39, 0.29) is 28.6 Å². The van der Waals surface area contributed by atoms with Gasteiger partial charge in [-0.3, -0.25) is 0 Å². The van der Waals surface area contributed by atoms with Crippen LogP contribution < -0.4 is 10.6 Å². The molecule has 1 saturated heterocycles. The van der Waals surface area contributed by atoms with Crippen LogP contribution in [-0.2, 0) is 6.42 Å². The third kappa shape index (κ3) is 2.77. The predicted octanol–water partition coefficient (Wildman–Crippen LogP) is 2.88. The zero-order valence-corrected chi connectivity index (χ0v) is 14.9. The van der Waals surface area contributed by atoms with Gasteiger partial charge in [-0.1, -0.05) is 20.8 Å². The van der Waals surface area contributed by atoms with Crippen molar-refractivity contribution >= 4 is 11.6 Å². The molecule has 6 nitrogen and oxygen atoms in total. The van der Waals surface area contributed by atoms with Crippen LogP contribution in [0.15, 0.2) is 0 Å². The second-order valence-corrected chi connectivity index (χ2v) is 8.45. The number of hydrogen-bond acceptors (Lipinski definition) is 6. The average Bonchev–Trinajstić information content (AvgIpc) is 2.76. The van der Waals surface area contributed by atoms with Crippen molar-refractivity contribution in [1.29, 1.82) is 15.8 Å². The number of nitrogens with zero attached hydrogens (tertiary/aromatic N) is 5. The summed E-state index contributed by atoms with van der Waals surface area (Å²) in [5, 5.41) is 28.2. The molecule has 128 valence electrons. The lowest BCUT2D eigenvalue weighted by Crippen LogP contribution is -2.35. The Kier molecular flexibility index (Phi) is 3.85. The molecule has 2 bridgehead atoms. The second kappa shape index (κ2) is 5.64. The van der Waals surface area contributed by atoms with Crippen LogP contribution in [0.4, 0.5) is 11.6 Å². The van der Waals surface area contributed by atoms with Crippen LogP contribution in [0, 0.1) is 44.8 Å². The Labute approximate surface area is 148 Å². The minimum Gasteiger partial charge on any atom is -0.383 e. The number of fused-ring (bicyclic) bond motifs is 2. The van der Waals surface area contributed by atoms with Gasteiger partial charge >= 0.3 is 0 Å². The maximum Gasteiger partial charge on any atom is 0.149 e. The normalized spacial score (nSPS) is 26.6. The Morgan fingerprint density at radius 3 is 2.44 bits per heavy atom. The molecule has 6 heteroatoms. The highest BCUT2D eigenvalue weighted by Gasteiger charge is 2.50. The number of hydrogen-bond donors (Lipinski definition) is 1. The highest BCUT2D eigenvalue weighted by Crippen LogP contribution is 2.53. The van der Waals surface area contributed by atoms with Gasteiger partial charge in [-0.2, -0.15) is 15.8 Å². The van der Waals surface area contributed by atoms with Crippen molar-refractivity contribution < 1.29 is 0 Å². The summed E-state index contributed by atoms with van der Waals surface area (Å²) in [7, 11) is 0. The Bertz CT molecular complexity index is 851. The van der Waals surface area contributed by atoms with Gasteiger partial charge in [-0.05, 0) is 30.1 Å². The summed E-state index contributed by atoms with van der Waals surface area (Å²) in [6.45, 7) is 7.68. The fourth-order valence-electron chi connectivity index (χ4n) is 5.05. The van der Waals surface area contributed by atoms with E-state index < -0.39 is 0 Å². The van der Waals surface area contributed by atoms with Gasteiger partial charge in [0.1, 0.15) is 29.3 Å². The van der Waals surface area contributed by atoms with Gasteiger partial charge in [-0.25, -0.2) is 4.98 Å². The number of nitrogen functional groups attached to an aromatic ring is 1. The van der Waals surface area contributed by atoms with E-state index >= 15 is 0 Å². The van der Waals surface area contributed by atoms with E-state index in [4.69, 9.17) is 11.0 Å². The fraction of sp³-hybridized carbons (Fsp3) is 0.579. The van der Waals surface area contributed by atoms with Crippen LogP contribution in [-0.4, -0.2) is 17.6 Å². The van der Waals surface area contributed by atoms with Gasteiger partial charge in [0.05, 0.1) is 18.1 Å². The zero-order chi connectivity index (χ0) is 18.4. The Morgan fingerprint density at radius 2 is 1.84 bits per heavy atom. The predicted molar refractivity (Wildman–Crippen MR) is 94.3 cm³/mol. The van der Waals surface area contributed by atoms with Crippen LogP contribution in [0.1, 0.15) is 56.7 Å². The quantitative estimate of drug-likeness (QED) is 0.889. The minimum absolute atomic E-state index is 0.0211. The molecule has 2 aliphatic rings. The SMILES string of the molecule is CC1(C)C[C@H]2C[C@@](C)(CN2c2nc(N)c(C#N)c(CC#N)c2C#N)C1. The third-order valence-corrected chi connectivity index (χ3v) is 5.48. The number of rotatable bonds is 2. The molecule has 0 spiro atoms. The molecule has 1 aromatic rings. The van der Waals surface area contributed by atoms with Gasteiger partial charge in [0.15, 0.2) is 0 Å². The Morgan fingerprint density at radius 1 is 1.16 bits per heavy atom. The zero-order valence-electron chi connectivity index (χ0n) is 14.9. The van der Waals surface area contributed by atoms with Crippen LogP contribution in [0.2, 0.25) is 0 Å². The van der Waals surface area contributed by atoms with Crippen LogP contribution in [0.3, 0.4) is 0 Å². The maximum atomic E-state index is 9.73. The highest BCUT2D eigenvalue weighted by atomic mass is 15.3. The number of anilines is 2. The van der Waals surface area contributed by atoms with E-state index in [2.05, 4.69) is 36.7 Å². The highest BCUT2D eigenvalue weighted by molar-refractivity contribution is 5.69. The molecule has 0 unspecified atom stereocenters. The van der Waals surface area contributed by atoms with Crippen molar-refractivity contribution in [3.63, 3.8) is 0 Å². The molecule has 0 amide bonds. The van der Waals surface area contributed by atoms with Gasteiger partial charge in [0.2, 0.25) is 0 Å². The smallest absolute Gasteiger partial charge is 0.149 e. The first-order chi connectivity index (χ1) is 11.7. The first kappa shape index (κ1) is 17.1. The standard InChI is InChI=1S/C19H22N6/c1-18(2)6-12-7-19(3,10-18)11-25(12)17-15(9-22)13(4-5-20)14(8-21)16(23)24-17/h12H,4,6-7,10-11H2,1-3H3,(H2,23,24)/t12-,19+/m0/s1. The van der Waals surface area contributed by atoms with Crippen LogP contribution in [0.5, 0.6) is 0 Å². The summed E-state index contributed by atoms with van der Waals surface area (Å²) in [5.74, 6) is 0.642. The van der Waals surface area contributed by atoms with E-state index in [0.717, 1.165) is 25.8 Å². The molecule has 0 aromatic carbocycles. The van der Waals surface area contributed by atoms with Crippen molar-refractivity contribution in [1.82, 2.24) is 4.98 Å². The molecule has 2 N–H and O–H groups in total. The molecule has 1 saturated carbocycles. The molecule has 3 rings (SSSR count). The van der Waals surface area contributed by atoms with Crippen molar-refractivity contribution in [2.45, 2.75) is 52.5 Å². The summed E-state index contributed by atoms with van der Waals surface area (Å²) < 4.78 is 0. The molecule has 1 aromatic heterocycles. The molecular formula is C19H22N6. The van der Waals surface area contributed by atoms with E-state index in [1.54, 1.807) is 0 Å². The Hall–Kier alpha value is -2.78. The van der Waals surface area contributed by atoms with Gasteiger partial charge < -0.3 is 10.6 Å². The van der Waals surface area contributed by atoms with Crippen LogP contribution >= 0.6 is 0 Å². The third-order valence-electron chi connectivity index (χ3n) is 5.48. The van der Waals surface area contributed by atoms with E-state index in [1.807, 2.05) is 12.1 Å². The van der Waals surface area contributed by atoms with Crippen LogP contribution in [0.25, 0.3) is 0 Å². The molecule has 25 heavy (non-hydrogen) atoms. The molecule has 2 fully saturated rings. The monoisotopic (exact) mass is 334 g/mol. The van der Waals surface area contributed by atoms with E-state index in [1.165, 1.54) is 0 Å². The number of nitrogens with two attached hydrogens (primary N) is 1. The van der Waals surface area contributed by atoms with Gasteiger partial charge in [0, 0.05) is 18.2 Å². The lowest BCUT2D eigenvalue weighted by atomic mass is 9.65. The summed E-state index contributed by atoms with van der Waals surface area (Å²) >= 11 is 0. The molecule has 1 aliphatic heterocycles. The summed E-state index contributed by atoms with van der Waals surface area (Å²) in [6.07, 6.45) is 3.21. The molecule has 2 atom stereocenters. The summed E-state index contributed by atoms with van der Waals surface area (Å²) in [5.41, 5.74) is 7.29. The van der Waals surface area contributed by atoms with E-state index in [0.29, 0.717) is 23.0 Å². The van der Waals surface area contributed by atoms with Gasteiger partial charge in [-0.15, -0.1) is 0 Å². The topological polar surface area (TPSA) is 114 Å². The lowest BCUT2D eigenvalue weighted by Gasteiger charge is -2.39. The largest absolute Gasteiger partial charge is 0.383 e.